The van der Waals surface area contributed by atoms with E-state index in [4.69, 9.17) is 4.74 Å². The first-order valence-corrected chi connectivity index (χ1v) is 5.92. The number of carbonyl (C=O) groups is 1. The van der Waals surface area contributed by atoms with Gasteiger partial charge in [0.1, 0.15) is 0 Å². The minimum atomic E-state index is -0.264. The number of ether oxygens (including phenoxy) is 1. The maximum Gasteiger partial charge on any atom is 0.303 e. The first-order valence-electron chi connectivity index (χ1n) is 5.92. The molecule has 0 aliphatic carbocycles. The lowest BCUT2D eigenvalue weighted by atomic mass is 10.1. The number of carbonyl (C=O) groups excluding carboxylic acids is 1. The van der Waals surface area contributed by atoms with Gasteiger partial charge in [-0.2, -0.15) is 0 Å². The molecular weight excluding hydrogens is 306 g/mol. The van der Waals surface area contributed by atoms with Crippen LogP contribution in [0.4, 0.5) is 0 Å². The van der Waals surface area contributed by atoms with Crippen LogP contribution in [0, 0.1) is 0 Å². The molecule has 0 saturated carbocycles. The molecule has 1 aromatic heterocycles. The molecule has 1 heterocycles. The standard InChI is InChI=1S/C15H16NO2.BrH/c1-13(17)18-15(14-8-4-2-5-9-14)12-16-10-6-3-7-11-16;/h2-11,15H,12H2,1H3;1H/q+1;/p-1. The van der Waals surface area contributed by atoms with Crippen molar-refractivity contribution in [2.24, 2.45) is 0 Å². The van der Waals surface area contributed by atoms with Crippen molar-refractivity contribution in [2.75, 3.05) is 0 Å². The van der Waals surface area contributed by atoms with Crippen molar-refractivity contribution in [3.63, 3.8) is 0 Å². The van der Waals surface area contributed by atoms with Crippen LogP contribution in [0.5, 0.6) is 0 Å². The van der Waals surface area contributed by atoms with Crippen molar-refractivity contribution >= 4 is 5.97 Å². The molecule has 2 rings (SSSR count). The number of esters is 1. The number of hydrogen-bond acceptors (Lipinski definition) is 2. The maximum absolute atomic E-state index is 11.2. The second-order valence-corrected chi connectivity index (χ2v) is 4.08. The summed E-state index contributed by atoms with van der Waals surface area (Å²) in [6.45, 7) is 2.05. The van der Waals surface area contributed by atoms with E-state index >= 15 is 0 Å². The summed E-state index contributed by atoms with van der Waals surface area (Å²) in [4.78, 5) is 11.2. The lowest BCUT2D eigenvalue weighted by molar-refractivity contribution is -0.704. The molecule has 19 heavy (non-hydrogen) atoms. The third-order valence-corrected chi connectivity index (χ3v) is 2.63. The van der Waals surface area contributed by atoms with Crippen molar-refractivity contribution in [1.82, 2.24) is 0 Å². The van der Waals surface area contributed by atoms with Gasteiger partial charge < -0.3 is 21.7 Å². The number of rotatable bonds is 4. The number of nitrogens with zero attached hydrogens (tertiary/aromatic N) is 1. The maximum atomic E-state index is 11.2. The molecule has 100 valence electrons. The van der Waals surface area contributed by atoms with Gasteiger partial charge in [0.2, 0.25) is 0 Å². The van der Waals surface area contributed by atoms with E-state index in [0.717, 1.165) is 5.56 Å². The molecule has 0 N–H and O–H groups in total. The molecule has 2 aromatic rings. The van der Waals surface area contributed by atoms with Gasteiger partial charge in [-0.05, 0) is 5.56 Å². The van der Waals surface area contributed by atoms with Crippen LogP contribution < -0.4 is 21.5 Å². The van der Waals surface area contributed by atoms with Gasteiger partial charge in [0, 0.05) is 19.1 Å². The Hall–Kier alpha value is -1.68. The summed E-state index contributed by atoms with van der Waals surface area (Å²) in [5, 5.41) is 0. The van der Waals surface area contributed by atoms with Gasteiger partial charge >= 0.3 is 5.97 Å². The van der Waals surface area contributed by atoms with E-state index in [-0.39, 0.29) is 29.1 Å². The number of aromatic nitrogens is 1. The highest BCUT2D eigenvalue weighted by Gasteiger charge is 2.19. The van der Waals surface area contributed by atoms with Gasteiger partial charge in [-0.15, -0.1) is 0 Å². The van der Waals surface area contributed by atoms with Crippen LogP contribution in [0.25, 0.3) is 0 Å². The lowest BCUT2D eigenvalue weighted by Crippen LogP contribution is -3.00. The zero-order valence-corrected chi connectivity index (χ0v) is 12.3. The van der Waals surface area contributed by atoms with Crippen molar-refractivity contribution in [2.45, 2.75) is 19.6 Å². The van der Waals surface area contributed by atoms with Crippen LogP contribution in [-0.4, -0.2) is 5.97 Å². The first-order chi connectivity index (χ1) is 8.75. The number of hydrogen-bond donors (Lipinski definition) is 0. The van der Waals surface area contributed by atoms with E-state index in [1.807, 2.05) is 65.5 Å². The Kier molecular flexibility index (Phi) is 6.22. The summed E-state index contributed by atoms with van der Waals surface area (Å²) < 4.78 is 7.38. The molecule has 0 aliphatic heterocycles. The lowest BCUT2D eigenvalue weighted by Gasteiger charge is -2.14. The van der Waals surface area contributed by atoms with E-state index in [0.29, 0.717) is 6.54 Å². The molecule has 0 saturated heterocycles. The van der Waals surface area contributed by atoms with Crippen LogP contribution in [0.1, 0.15) is 18.6 Å². The molecule has 0 bridgehead atoms. The molecule has 0 fully saturated rings. The molecular formula is C15H16BrNO2. The fourth-order valence-electron chi connectivity index (χ4n) is 1.83. The van der Waals surface area contributed by atoms with Gasteiger partial charge in [0.25, 0.3) is 0 Å². The highest BCUT2D eigenvalue weighted by atomic mass is 79.9. The molecule has 4 heteroatoms. The zero-order chi connectivity index (χ0) is 12.8. The molecule has 0 radical (unpaired) electrons. The van der Waals surface area contributed by atoms with Crippen molar-refractivity contribution in [3.8, 4) is 0 Å². The minimum absolute atomic E-state index is 0. The Morgan fingerprint density at radius 1 is 1.11 bits per heavy atom. The molecule has 1 atom stereocenters. The van der Waals surface area contributed by atoms with Crippen molar-refractivity contribution < 1.29 is 31.1 Å². The Balaban J connectivity index is 0.00000180. The summed E-state index contributed by atoms with van der Waals surface area (Å²) in [6.07, 6.45) is 3.66. The van der Waals surface area contributed by atoms with E-state index in [1.54, 1.807) is 0 Å². The molecule has 0 amide bonds. The van der Waals surface area contributed by atoms with E-state index < -0.39 is 0 Å². The fourth-order valence-corrected chi connectivity index (χ4v) is 1.83. The van der Waals surface area contributed by atoms with Gasteiger partial charge in [-0.25, -0.2) is 4.57 Å². The second kappa shape index (κ2) is 7.69. The predicted octanol–water partition coefficient (Wildman–Crippen LogP) is -0.717. The van der Waals surface area contributed by atoms with Crippen LogP contribution in [0.15, 0.2) is 60.9 Å². The second-order valence-electron chi connectivity index (χ2n) is 4.08. The van der Waals surface area contributed by atoms with Crippen LogP contribution in [-0.2, 0) is 16.1 Å². The summed E-state index contributed by atoms with van der Waals surface area (Å²) in [5.74, 6) is -0.264. The van der Waals surface area contributed by atoms with Gasteiger partial charge in [0.05, 0.1) is 0 Å². The summed E-state index contributed by atoms with van der Waals surface area (Å²) in [5.41, 5.74) is 1.00. The molecule has 1 unspecified atom stereocenters. The van der Waals surface area contributed by atoms with E-state index in [9.17, 15) is 4.79 Å². The average molecular weight is 322 g/mol. The Morgan fingerprint density at radius 3 is 2.26 bits per heavy atom. The number of benzene rings is 1. The topological polar surface area (TPSA) is 30.2 Å². The Labute approximate surface area is 123 Å². The third kappa shape index (κ3) is 4.83. The highest BCUT2D eigenvalue weighted by molar-refractivity contribution is 5.66. The quantitative estimate of drug-likeness (QED) is 0.550. The van der Waals surface area contributed by atoms with Crippen LogP contribution in [0.3, 0.4) is 0 Å². The average Bonchev–Trinajstić information content (AvgIpc) is 2.40. The van der Waals surface area contributed by atoms with Crippen molar-refractivity contribution in [1.29, 1.82) is 0 Å². The molecule has 3 nitrogen and oxygen atoms in total. The monoisotopic (exact) mass is 321 g/mol. The van der Waals surface area contributed by atoms with E-state index in [2.05, 4.69) is 0 Å². The number of halogens is 1. The van der Waals surface area contributed by atoms with Gasteiger partial charge in [-0.1, -0.05) is 36.4 Å². The van der Waals surface area contributed by atoms with Gasteiger partial charge in [0.15, 0.2) is 25.0 Å². The smallest absolute Gasteiger partial charge is 0.303 e. The largest absolute Gasteiger partial charge is 1.00 e. The Bertz CT molecular complexity index is 502. The highest BCUT2D eigenvalue weighted by Crippen LogP contribution is 2.17. The van der Waals surface area contributed by atoms with Gasteiger partial charge in [-0.3, -0.25) is 4.79 Å². The summed E-state index contributed by atoms with van der Waals surface area (Å²) in [7, 11) is 0. The third-order valence-electron chi connectivity index (χ3n) is 2.63. The van der Waals surface area contributed by atoms with Crippen LogP contribution in [0.2, 0.25) is 0 Å². The minimum Gasteiger partial charge on any atom is -1.00 e. The normalized spacial score (nSPS) is 11.2. The predicted molar refractivity (Wildman–Crippen MR) is 67.6 cm³/mol. The Morgan fingerprint density at radius 2 is 1.68 bits per heavy atom. The summed E-state index contributed by atoms with van der Waals surface area (Å²) >= 11 is 0. The molecule has 1 aromatic carbocycles. The molecule has 0 aliphatic rings. The number of pyridine rings is 1. The summed E-state index contributed by atoms with van der Waals surface area (Å²) in [6, 6.07) is 15.6. The van der Waals surface area contributed by atoms with E-state index in [1.165, 1.54) is 6.92 Å². The van der Waals surface area contributed by atoms with Crippen LogP contribution >= 0.6 is 0 Å². The molecule has 0 spiro atoms. The zero-order valence-electron chi connectivity index (χ0n) is 10.7. The fraction of sp³-hybridized carbons (Fsp3) is 0.200. The SMILES string of the molecule is CC(=O)OC(C[n+]1ccccc1)c1ccccc1.[Br-]. The van der Waals surface area contributed by atoms with Crippen molar-refractivity contribution in [3.05, 3.63) is 66.5 Å². The first kappa shape index (κ1) is 15.4.